The van der Waals surface area contributed by atoms with Gasteiger partial charge in [0.05, 0.1) is 28.9 Å². The van der Waals surface area contributed by atoms with Crippen molar-refractivity contribution in [1.29, 1.82) is 0 Å². The van der Waals surface area contributed by atoms with E-state index in [1.54, 1.807) is 12.1 Å². The number of anilines is 1. The number of halogens is 2. The first-order valence-electron chi connectivity index (χ1n) is 6.22. The zero-order chi connectivity index (χ0) is 14.4. The van der Waals surface area contributed by atoms with Gasteiger partial charge in [-0.15, -0.1) is 0 Å². The zero-order valence-corrected chi connectivity index (χ0v) is 12.3. The largest absolute Gasteiger partial charge is 0.493 e. The number of para-hydroxylation sites is 1. The van der Waals surface area contributed by atoms with E-state index in [1.807, 2.05) is 30.3 Å². The van der Waals surface area contributed by atoms with Gasteiger partial charge in [0.25, 0.3) is 0 Å². The van der Waals surface area contributed by atoms with Gasteiger partial charge in [-0.1, -0.05) is 41.4 Å². The minimum atomic E-state index is 0.420. The lowest BCUT2D eigenvalue weighted by Crippen LogP contribution is -2.06. The van der Waals surface area contributed by atoms with Gasteiger partial charge in [0.15, 0.2) is 0 Å². The molecule has 0 aliphatic rings. The van der Waals surface area contributed by atoms with Gasteiger partial charge >= 0.3 is 0 Å². The number of nitrogens with two attached hydrogens (primary N) is 1. The molecule has 5 heteroatoms. The summed E-state index contributed by atoms with van der Waals surface area (Å²) in [5.41, 5.74) is 6.27. The summed E-state index contributed by atoms with van der Waals surface area (Å²) in [6, 6.07) is 12.8. The standard InChI is InChI=1S/C15H15Cl2NO2/c16-12-9-14(18)15(10-13(12)17)20-8-4-7-19-11-5-2-1-3-6-11/h1-3,5-6,9-10H,4,7-8,18H2. The summed E-state index contributed by atoms with van der Waals surface area (Å²) in [5, 5.41) is 0.848. The van der Waals surface area contributed by atoms with E-state index in [-0.39, 0.29) is 0 Å². The Balaban J connectivity index is 1.75. The van der Waals surface area contributed by atoms with E-state index >= 15 is 0 Å². The first-order valence-corrected chi connectivity index (χ1v) is 6.97. The second-order valence-corrected chi connectivity index (χ2v) is 4.98. The minimum Gasteiger partial charge on any atom is -0.493 e. The third-order valence-corrected chi connectivity index (χ3v) is 3.33. The van der Waals surface area contributed by atoms with Crippen LogP contribution in [0.1, 0.15) is 6.42 Å². The molecule has 0 saturated heterocycles. The maximum absolute atomic E-state index is 5.91. The number of hydrogen-bond donors (Lipinski definition) is 1. The van der Waals surface area contributed by atoms with Crippen LogP contribution in [-0.4, -0.2) is 13.2 Å². The van der Waals surface area contributed by atoms with Crippen molar-refractivity contribution in [2.75, 3.05) is 18.9 Å². The molecule has 0 aliphatic heterocycles. The molecule has 20 heavy (non-hydrogen) atoms. The van der Waals surface area contributed by atoms with Gasteiger partial charge in [0.1, 0.15) is 11.5 Å². The van der Waals surface area contributed by atoms with E-state index in [9.17, 15) is 0 Å². The fourth-order valence-corrected chi connectivity index (χ4v) is 1.94. The molecule has 2 aromatic rings. The minimum absolute atomic E-state index is 0.420. The molecule has 0 unspecified atom stereocenters. The predicted molar refractivity (Wildman–Crippen MR) is 82.9 cm³/mol. The Morgan fingerprint density at radius 3 is 2.30 bits per heavy atom. The molecule has 0 heterocycles. The normalized spacial score (nSPS) is 10.3. The van der Waals surface area contributed by atoms with Crippen LogP contribution in [0.4, 0.5) is 5.69 Å². The summed E-state index contributed by atoms with van der Waals surface area (Å²) in [6.45, 7) is 1.07. The lowest BCUT2D eigenvalue weighted by molar-refractivity contribution is 0.248. The summed E-state index contributed by atoms with van der Waals surface area (Å²) >= 11 is 11.8. The summed E-state index contributed by atoms with van der Waals surface area (Å²) in [4.78, 5) is 0. The van der Waals surface area contributed by atoms with Gasteiger partial charge in [0.2, 0.25) is 0 Å². The Morgan fingerprint density at radius 1 is 0.900 bits per heavy atom. The lowest BCUT2D eigenvalue weighted by Gasteiger charge is -2.10. The number of benzene rings is 2. The number of hydrogen-bond acceptors (Lipinski definition) is 3. The summed E-state index contributed by atoms with van der Waals surface area (Å²) < 4.78 is 11.1. The molecule has 0 bridgehead atoms. The van der Waals surface area contributed by atoms with Crippen LogP contribution < -0.4 is 15.2 Å². The van der Waals surface area contributed by atoms with Crippen molar-refractivity contribution in [1.82, 2.24) is 0 Å². The molecule has 0 aliphatic carbocycles. The summed E-state index contributed by atoms with van der Waals surface area (Å²) in [5.74, 6) is 1.39. The van der Waals surface area contributed by atoms with Gasteiger partial charge in [-0.25, -0.2) is 0 Å². The van der Waals surface area contributed by atoms with Gasteiger partial charge in [0, 0.05) is 12.5 Å². The number of rotatable bonds is 6. The van der Waals surface area contributed by atoms with Crippen molar-refractivity contribution >= 4 is 28.9 Å². The second-order valence-electron chi connectivity index (χ2n) is 4.17. The van der Waals surface area contributed by atoms with E-state index in [2.05, 4.69) is 0 Å². The van der Waals surface area contributed by atoms with Crippen molar-refractivity contribution < 1.29 is 9.47 Å². The van der Waals surface area contributed by atoms with Crippen LogP contribution >= 0.6 is 23.2 Å². The molecule has 0 radical (unpaired) electrons. The van der Waals surface area contributed by atoms with Crippen LogP contribution in [0.5, 0.6) is 11.5 Å². The summed E-state index contributed by atoms with van der Waals surface area (Å²) in [7, 11) is 0. The molecular weight excluding hydrogens is 297 g/mol. The smallest absolute Gasteiger partial charge is 0.143 e. The monoisotopic (exact) mass is 311 g/mol. The Labute approximate surface area is 128 Å². The van der Waals surface area contributed by atoms with Crippen molar-refractivity contribution in [2.24, 2.45) is 0 Å². The first kappa shape index (κ1) is 14.8. The summed E-state index contributed by atoms with van der Waals surface area (Å²) in [6.07, 6.45) is 0.745. The molecule has 2 rings (SSSR count). The third-order valence-electron chi connectivity index (χ3n) is 2.61. The highest BCUT2D eigenvalue weighted by Crippen LogP contribution is 2.32. The molecule has 0 atom stereocenters. The van der Waals surface area contributed by atoms with Crippen LogP contribution in [0.2, 0.25) is 10.0 Å². The van der Waals surface area contributed by atoms with E-state index in [4.69, 9.17) is 38.4 Å². The van der Waals surface area contributed by atoms with Crippen molar-refractivity contribution in [3.63, 3.8) is 0 Å². The molecular formula is C15H15Cl2NO2. The Morgan fingerprint density at radius 2 is 1.55 bits per heavy atom. The van der Waals surface area contributed by atoms with Crippen LogP contribution in [0.3, 0.4) is 0 Å². The van der Waals surface area contributed by atoms with Crippen LogP contribution in [0.25, 0.3) is 0 Å². The molecule has 2 N–H and O–H groups in total. The quantitative estimate of drug-likeness (QED) is 0.634. The van der Waals surface area contributed by atoms with Crippen molar-refractivity contribution in [3.05, 3.63) is 52.5 Å². The van der Waals surface area contributed by atoms with Gasteiger partial charge in [-0.2, -0.15) is 0 Å². The molecule has 0 amide bonds. The predicted octanol–water partition coefficient (Wildman–Crippen LogP) is 4.42. The van der Waals surface area contributed by atoms with Crippen molar-refractivity contribution in [3.8, 4) is 11.5 Å². The maximum Gasteiger partial charge on any atom is 0.143 e. The fourth-order valence-electron chi connectivity index (χ4n) is 1.62. The molecule has 0 fully saturated rings. The number of nitrogen functional groups attached to an aromatic ring is 1. The Hall–Kier alpha value is -1.58. The van der Waals surface area contributed by atoms with E-state index in [0.29, 0.717) is 34.7 Å². The van der Waals surface area contributed by atoms with Crippen molar-refractivity contribution in [2.45, 2.75) is 6.42 Å². The van der Waals surface area contributed by atoms with E-state index in [1.165, 1.54) is 0 Å². The topological polar surface area (TPSA) is 44.5 Å². The maximum atomic E-state index is 5.91. The van der Waals surface area contributed by atoms with Crippen LogP contribution in [0.15, 0.2) is 42.5 Å². The first-order chi connectivity index (χ1) is 9.66. The molecule has 2 aromatic carbocycles. The van der Waals surface area contributed by atoms with Gasteiger partial charge in [-0.3, -0.25) is 0 Å². The van der Waals surface area contributed by atoms with E-state index in [0.717, 1.165) is 12.2 Å². The molecule has 0 aromatic heterocycles. The van der Waals surface area contributed by atoms with Gasteiger partial charge in [-0.05, 0) is 18.2 Å². The highest BCUT2D eigenvalue weighted by molar-refractivity contribution is 6.42. The fraction of sp³-hybridized carbons (Fsp3) is 0.200. The van der Waals surface area contributed by atoms with Crippen LogP contribution in [-0.2, 0) is 0 Å². The Kier molecular flexibility index (Phi) is 5.39. The van der Waals surface area contributed by atoms with Gasteiger partial charge < -0.3 is 15.2 Å². The Bertz CT molecular complexity index is 561. The lowest BCUT2D eigenvalue weighted by atomic mass is 10.3. The number of ether oxygens (including phenoxy) is 2. The zero-order valence-electron chi connectivity index (χ0n) is 10.8. The average Bonchev–Trinajstić information content (AvgIpc) is 2.45. The molecule has 0 saturated carbocycles. The molecule has 0 spiro atoms. The highest BCUT2D eigenvalue weighted by atomic mass is 35.5. The third kappa shape index (κ3) is 4.22. The second kappa shape index (κ2) is 7.27. The molecule has 106 valence electrons. The SMILES string of the molecule is Nc1cc(Cl)c(Cl)cc1OCCCOc1ccccc1. The average molecular weight is 312 g/mol. The van der Waals surface area contributed by atoms with E-state index < -0.39 is 0 Å². The molecule has 3 nitrogen and oxygen atoms in total. The van der Waals surface area contributed by atoms with Crippen LogP contribution in [0, 0.1) is 0 Å². The highest BCUT2D eigenvalue weighted by Gasteiger charge is 2.06.